The van der Waals surface area contributed by atoms with Crippen molar-refractivity contribution >= 4 is 28.6 Å². The zero-order valence-electron chi connectivity index (χ0n) is 25.5. The summed E-state index contributed by atoms with van der Waals surface area (Å²) in [5.41, 5.74) is 15.8. The van der Waals surface area contributed by atoms with Crippen LogP contribution in [-0.4, -0.2) is 63.7 Å². The first-order valence-electron chi connectivity index (χ1n) is 15.2. The number of nitrogens with two attached hydrogens (primary N) is 2. The predicted molar refractivity (Wildman–Crippen MR) is 171 cm³/mol. The minimum Gasteiger partial charge on any atom is -0.495 e. The fraction of sp³-hybridized carbons (Fsp3) is 0.438. The molecule has 5 rings (SSSR count). The number of ether oxygens (including phenoxy) is 2. The van der Waals surface area contributed by atoms with Crippen LogP contribution < -0.4 is 31.9 Å². The van der Waals surface area contributed by atoms with Crippen molar-refractivity contribution in [1.29, 1.82) is 0 Å². The largest absolute Gasteiger partial charge is 0.495 e. The number of benzene rings is 2. The molecule has 1 fully saturated rings. The van der Waals surface area contributed by atoms with Crippen molar-refractivity contribution in [2.75, 3.05) is 44.8 Å². The van der Waals surface area contributed by atoms with E-state index in [0.717, 1.165) is 57.3 Å². The van der Waals surface area contributed by atoms with Crippen LogP contribution >= 0.6 is 0 Å². The Labute approximate surface area is 256 Å². The molecule has 6 N–H and O–H groups in total. The maximum absolute atomic E-state index is 12.7. The normalized spacial score (nSPS) is 14.1. The number of nitrogens with one attached hydrogen (secondary N) is 2. The standard InChI is InChI=1S/C32H42N8O4/c1-3-4-17-44-31-37-28(34)27-29(38-31)40(32(42)36-27)20-23-7-5-22(6-8-23)19-39-15-12-21(13-16-39)11-14-35-30(41)24-9-10-25(33)26(18-24)43-2/h5-10,18,21H,3-4,11-17,19-20,33H2,1-2H3,(H,35,41)(H,36,42)(H2,34,37,38). The number of carbonyl (C=O) groups excluding carboxylic acids is 1. The van der Waals surface area contributed by atoms with Crippen LogP contribution in [0.25, 0.3) is 11.2 Å². The number of H-pyrrole nitrogens is 1. The highest BCUT2D eigenvalue weighted by Crippen LogP contribution is 2.24. The van der Waals surface area contributed by atoms with Crippen LogP contribution in [0.3, 0.4) is 0 Å². The number of fused-ring (bicyclic) bond motifs is 1. The van der Waals surface area contributed by atoms with E-state index in [2.05, 4.69) is 56.4 Å². The Morgan fingerprint density at radius 1 is 1.07 bits per heavy atom. The Morgan fingerprint density at radius 2 is 1.80 bits per heavy atom. The summed E-state index contributed by atoms with van der Waals surface area (Å²) in [7, 11) is 1.54. The lowest BCUT2D eigenvalue weighted by molar-refractivity contribution is 0.0947. The summed E-state index contributed by atoms with van der Waals surface area (Å²) in [6, 6.07) is 13.6. The molecule has 0 atom stereocenters. The van der Waals surface area contributed by atoms with Gasteiger partial charge in [0.15, 0.2) is 11.5 Å². The van der Waals surface area contributed by atoms with Crippen LogP contribution in [-0.2, 0) is 13.1 Å². The van der Waals surface area contributed by atoms with E-state index in [0.29, 0.717) is 53.8 Å². The Balaban J connectivity index is 1.09. The van der Waals surface area contributed by atoms with E-state index in [4.69, 9.17) is 20.9 Å². The summed E-state index contributed by atoms with van der Waals surface area (Å²) in [4.78, 5) is 39.1. The lowest BCUT2D eigenvalue weighted by Crippen LogP contribution is -2.34. The Hall–Kier alpha value is -4.58. The van der Waals surface area contributed by atoms with Gasteiger partial charge < -0.3 is 31.2 Å². The topological polar surface area (TPSA) is 166 Å². The molecule has 12 heteroatoms. The summed E-state index contributed by atoms with van der Waals surface area (Å²) in [5.74, 6) is 1.17. The molecule has 0 bridgehead atoms. The van der Waals surface area contributed by atoms with Crippen LogP contribution in [0, 0.1) is 5.92 Å². The molecule has 4 aromatic rings. The number of aromatic amines is 1. The molecule has 1 aliphatic heterocycles. The smallest absolute Gasteiger partial charge is 0.328 e. The number of imidazole rings is 1. The summed E-state index contributed by atoms with van der Waals surface area (Å²) < 4.78 is 12.4. The molecular weight excluding hydrogens is 560 g/mol. The molecule has 0 spiro atoms. The van der Waals surface area contributed by atoms with E-state index in [1.165, 1.54) is 12.7 Å². The number of amides is 1. The number of hydrogen-bond donors (Lipinski definition) is 4. The molecule has 0 saturated carbocycles. The predicted octanol–water partition coefficient (Wildman–Crippen LogP) is 3.55. The maximum atomic E-state index is 12.7. The number of anilines is 2. The molecule has 0 radical (unpaired) electrons. The van der Waals surface area contributed by atoms with Gasteiger partial charge >= 0.3 is 11.7 Å². The number of hydrogen-bond acceptors (Lipinski definition) is 9. The molecule has 1 amide bonds. The van der Waals surface area contributed by atoms with Gasteiger partial charge in [-0.25, -0.2) is 4.79 Å². The monoisotopic (exact) mass is 602 g/mol. The molecule has 0 aliphatic carbocycles. The maximum Gasteiger partial charge on any atom is 0.328 e. The van der Waals surface area contributed by atoms with Gasteiger partial charge in [-0.3, -0.25) is 14.3 Å². The number of nitrogen functional groups attached to an aromatic ring is 2. The highest BCUT2D eigenvalue weighted by molar-refractivity contribution is 5.95. The van der Waals surface area contributed by atoms with E-state index in [1.807, 2.05) is 0 Å². The highest BCUT2D eigenvalue weighted by atomic mass is 16.5. The molecular formula is C32H42N8O4. The van der Waals surface area contributed by atoms with Gasteiger partial charge in [0, 0.05) is 18.7 Å². The quantitative estimate of drug-likeness (QED) is 0.132. The van der Waals surface area contributed by atoms with Crippen LogP contribution in [0.5, 0.6) is 11.8 Å². The molecule has 2 aromatic carbocycles. The third kappa shape index (κ3) is 7.49. The van der Waals surface area contributed by atoms with Gasteiger partial charge in [-0.1, -0.05) is 37.6 Å². The molecule has 234 valence electrons. The molecule has 2 aromatic heterocycles. The number of carbonyl (C=O) groups is 1. The number of aromatic nitrogens is 4. The summed E-state index contributed by atoms with van der Waals surface area (Å²) >= 11 is 0. The first kappa shape index (κ1) is 30.9. The Bertz CT molecular complexity index is 1620. The second-order valence-corrected chi connectivity index (χ2v) is 11.3. The lowest BCUT2D eigenvalue weighted by atomic mass is 9.93. The van der Waals surface area contributed by atoms with Crippen molar-refractivity contribution in [3.63, 3.8) is 0 Å². The van der Waals surface area contributed by atoms with E-state index < -0.39 is 0 Å². The molecule has 3 heterocycles. The average molecular weight is 603 g/mol. The zero-order chi connectivity index (χ0) is 31.1. The third-order valence-electron chi connectivity index (χ3n) is 8.17. The van der Waals surface area contributed by atoms with Crippen LogP contribution in [0.15, 0.2) is 47.3 Å². The van der Waals surface area contributed by atoms with E-state index in [1.54, 1.807) is 22.8 Å². The van der Waals surface area contributed by atoms with Gasteiger partial charge in [-0.2, -0.15) is 9.97 Å². The van der Waals surface area contributed by atoms with E-state index in [9.17, 15) is 9.59 Å². The molecule has 44 heavy (non-hydrogen) atoms. The van der Waals surface area contributed by atoms with Gasteiger partial charge in [0.25, 0.3) is 5.91 Å². The van der Waals surface area contributed by atoms with Crippen LogP contribution in [0.2, 0.25) is 0 Å². The van der Waals surface area contributed by atoms with Crippen molar-refractivity contribution in [3.8, 4) is 11.8 Å². The first-order chi connectivity index (χ1) is 21.3. The number of likely N-dealkylation sites (tertiary alicyclic amines) is 1. The van der Waals surface area contributed by atoms with E-state index >= 15 is 0 Å². The Kier molecular flexibility index (Phi) is 10.0. The minimum atomic E-state index is -0.288. The minimum absolute atomic E-state index is 0.114. The fourth-order valence-corrected chi connectivity index (χ4v) is 5.52. The van der Waals surface area contributed by atoms with Crippen LogP contribution in [0.1, 0.15) is 60.5 Å². The average Bonchev–Trinajstić information content (AvgIpc) is 3.34. The SMILES string of the molecule is CCCCOc1nc(N)c2[nH]c(=O)n(Cc3ccc(CN4CCC(CCNC(=O)c5ccc(N)c(OC)c5)CC4)cc3)c2n1. The van der Waals surface area contributed by atoms with Crippen molar-refractivity contribution in [2.45, 2.75) is 52.1 Å². The van der Waals surface area contributed by atoms with Crippen molar-refractivity contribution in [2.24, 2.45) is 5.92 Å². The first-order valence-corrected chi connectivity index (χ1v) is 15.2. The number of rotatable bonds is 13. The molecule has 1 saturated heterocycles. The summed E-state index contributed by atoms with van der Waals surface area (Å²) in [6.45, 7) is 6.48. The lowest BCUT2D eigenvalue weighted by Gasteiger charge is -2.32. The molecule has 0 unspecified atom stereocenters. The van der Waals surface area contributed by atoms with Crippen molar-refractivity contribution < 1.29 is 14.3 Å². The highest BCUT2D eigenvalue weighted by Gasteiger charge is 2.20. The molecule has 12 nitrogen and oxygen atoms in total. The van der Waals surface area contributed by atoms with Crippen molar-refractivity contribution in [3.05, 3.63) is 69.6 Å². The number of methoxy groups -OCH3 is 1. The van der Waals surface area contributed by atoms with Gasteiger partial charge in [-0.15, -0.1) is 0 Å². The summed E-state index contributed by atoms with van der Waals surface area (Å²) in [5, 5.41) is 3.03. The second-order valence-electron chi connectivity index (χ2n) is 11.3. The van der Waals surface area contributed by atoms with Gasteiger partial charge in [0.05, 0.1) is 25.9 Å². The van der Waals surface area contributed by atoms with Gasteiger partial charge in [0.2, 0.25) is 0 Å². The fourth-order valence-electron chi connectivity index (χ4n) is 5.52. The number of unbranched alkanes of at least 4 members (excludes halogenated alkanes) is 1. The zero-order valence-corrected chi connectivity index (χ0v) is 25.5. The van der Waals surface area contributed by atoms with Gasteiger partial charge in [0.1, 0.15) is 11.3 Å². The van der Waals surface area contributed by atoms with E-state index in [-0.39, 0.29) is 23.4 Å². The van der Waals surface area contributed by atoms with Crippen molar-refractivity contribution in [1.82, 2.24) is 29.7 Å². The number of piperidine rings is 1. The Morgan fingerprint density at radius 3 is 2.50 bits per heavy atom. The second kappa shape index (κ2) is 14.3. The van der Waals surface area contributed by atoms with Crippen LogP contribution in [0.4, 0.5) is 11.5 Å². The summed E-state index contributed by atoms with van der Waals surface area (Å²) in [6.07, 6.45) is 5.03. The third-order valence-corrected chi connectivity index (χ3v) is 8.17. The molecule has 1 aliphatic rings. The number of nitrogens with zero attached hydrogens (tertiary/aromatic N) is 4. The van der Waals surface area contributed by atoms with Gasteiger partial charge in [-0.05, 0) is 74.0 Å².